The van der Waals surface area contributed by atoms with E-state index in [2.05, 4.69) is 33.2 Å². The number of hydrogen-bond acceptors (Lipinski definition) is 2. The number of halogens is 1. The topological polar surface area (TPSA) is 24.9 Å². The number of pyridine rings is 1. The summed E-state index contributed by atoms with van der Waals surface area (Å²) in [4.78, 5) is 4.28. The molecule has 0 bridgehead atoms. The van der Waals surface area contributed by atoms with Crippen molar-refractivity contribution in [3.8, 4) is 0 Å². The number of aromatic nitrogens is 1. The maximum Gasteiger partial charge on any atom is 0.140 e. The lowest BCUT2D eigenvalue weighted by Gasteiger charge is -2.38. The summed E-state index contributed by atoms with van der Waals surface area (Å²) in [5.74, 6) is 0.959. The van der Waals surface area contributed by atoms with Crippen molar-refractivity contribution < 1.29 is 0 Å². The van der Waals surface area contributed by atoms with Gasteiger partial charge in [0, 0.05) is 12.7 Å². The molecule has 1 aromatic rings. The van der Waals surface area contributed by atoms with Gasteiger partial charge < -0.3 is 5.32 Å². The molecule has 0 atom stereocenters. The second kappa shape index (κ2) is 3.89. The van der Waals surface area contributed by atoms with Gasteiger partial charge in [-0.3, -0.25) is 0 Å². The van der Waals surface area contributed by atoms with Crippen LogP contribution < -0.4 is 5.32 Å². The number of nitrogens with one attached hydrogen (secondary N) is 1. The number of rotatable bonds is 3. The molecule has 0 amide bonds. The lowest BCUT2D eigenvalue weighted by Crippen LogP contribution is -2.33. The smallest absolute Gasteiger partial charge is 0.140 e. The van der Waals surface area contributed by atoms with Crippen LogP contribution >= 0.6 is 15.9 Å². The van der Waals surface area contributed by atoms with Gasteiger partial charge >= 0.3 is 0 Å². The predicted molar refractivity (Wildman–Crippen MR) is 62.4 cm³/mol. The molecule has 0 radical (unpaired) electrons. The molecule has 76 valence electrons. The maximum absolute atomic E-state index is 4.28. The summed E-state index contributed by atoms with van der Waals surface area (Å²) in [7, 11) is 0. The van der Waals surface area contributed by atoms with Crippen LogP contribution in [0.4, 0.5) is 5.82 Å². The average molecular weight is 255 g/mol. The third-order valence-electron chi connectivity index (χ3n) is 3.00. The largest absolute Gasteiger partial charge is 0.369 e. The van der Waals surface area contributed by atoms with Gasteiger partial charge in [-0.1, -0.05) is 13.3 Å². The van der Waals surface area contributed by atoms with Crippen LogP contribution in [0.15, 0.2) is 22.8 Å². The minimum atomic E-state index is 0.497. The molecule has 2 nitrogen and oxygen atoms in total. The molecule has 1 N–H and O–H groups in total. The summed E-state index contributed by atoms with van der Waals surface area (Å²) in [6, 6.07) is 3.94. The van der Waals surface area contributed by atoms with E-state index in [1.165, 1.54) is 19.3 Å². The Morgan fingerprint density at radius 3 is 2.93 bits per heavy atom. The Morgan fingerprint density at radius 1 is 1.57 bits per heavy atom. The first-order valence-electron chi connectivity index (χ1n) is 5.04. The Balaban J connectivity index is 1.95. The van der Waals surface area contributed by atoms with Crippen molar-refractivity contribution in [3.63, 3.8) is 0 Å². The molecule has 0 unspecified atom stereocenters. The van der Waals surface area contributed by atoms with E-state index in [1.54, 1.807) is 0 Å². The molecule has 14 heavy (non-hydrogen) atoms. The normalized spacial score (nSPS) is 18.7. The van der Waals surface area contributed by atoms with Gasteiger partial charge in [0.05, 0.1) is 4.47 Å². The highest BCUT2D eigenvalue weighted by Gasteiger charge is 2.31. The van der Waals surface area contributed by atoms with E-state index in [0.29, 0.717) is 5.41 Å². The van der Waals surface area contributed by atoms with Crippen molar-refractivity contribution in [2.24, 2.45) is 5.41 Å². The molecule has 2 rings (SSSR count). The zero-order valence-electron chi connectivity index (χ0n) is 8.39. The average Bonchev–Trinajstić information content (AvgIpc) is 2.14. The monoisotopic (exact) mass is 254 g/mol. The summed E-state index contributed by atoms with van der Waals surface area (Å²) < 4.78 is 1.04. The predicted octanol–water partition coefficient (Wildman–Crippen LogP) is 3.45. The van der Waals surface area contributed by atoms with E-state index in [0.717, 1.165) is 16.8 Å². The third-order valence-corrected chi connectivity index (χ3v) is 3.64. The first kappa shape index (κ1) is 9.97. The summed E-state index contributed by atoms with van der Waals surface area (Å²) in [6.45, 7) is 3.36. The molecule has 1 aliphatic carbocycles. The Hall–Kier alpha value is -0.570. The van der Waals surface area contributed by atoms with Crippen molar-refractivity contribution >= 4 is 21.7 Å². The summed E-state index contributed by atoms with van der Waals surface area (Å²) in [6.07, 6.45) is 5.87. The summed E-state index contributed by atoms with van der Waals surface area (Å²) >= 11 is 3.48. The third kappa shape index (κ3) is 2.08. The molecule has 1 heterocycles. The molecular weight excluding hydrogens is 240 g/mol. The minimum absolute atomic E-state index is 0.497. The van der Waals surface area contributed by atoms with E-state index in [4.69, 9.17) is 0 Å². The number of hydrogen-bond donors (Lipinski definition) is 1. The van der Waals surface area contributed by atoms with E-state index in [9.17, 15) is 0 Å². The van der Waals surface area contributed by atoms with Crippen LogP contribution in [0.5, 0.6) is 0 Å². The molecule has 1 fully saturated rings. The molecular formula is C11H15BrN2. The summed E-state index contributed by atoms with van der Waals surface area (Å²) in [5.41, 5.74) is 0.497. The highest BCUT2D eigenvalue weighted by molar-refractivity contribution is 9.10. The first-order valence-corrected chi connectivity index (χ1v) is 5.83. The summed E-state index contributed by atoms with van der Waals surface area (Å²) in [5, 5.41) is 3.40. The van der Waals surface area contributed by atoms with Crippen LogP contribution in [-0.4, -0.2) is 11.5 Å². The van der Waals surface area contributed by atoms with E-state index < -0.39 is 0 Å². The molecule has 1 aromatic heterocycles. The highest BCUT2D eigenvalue weighted by atomic mass is 79.9. The molecule has 1 aliphatic rings. The van der Waals surface area contributed by atoms with Gasteiger partial charge in [-0.2, -0.15) is 0 Å². The van der Waals surface area contributed by atoms with Crippen molar-refractivity contribution in [1.29, 1.82) is 0 Å². The first-order chi connectivity index (χ1) is 6.70. The lowest BCUT2D eigenvalue weighted by atomic mass is 9.70. The number of nitrogens with zero attached hydrogens (tertiary/aromatic N) is 1. The fourth-order valence-corrected chi connectivity index (χ4v) is 2.17. The van der Waals surface area contributed by atoms with Gasteiger partial charge in [-0.25, -0.2) is 4.98 Å². The van der Waals surface area contributed by atoms with Crippen LogP contribution in [0.3, 0.4) is 0 Å². The van der Waals surface area contributed by atoms with Gasteiger partial charge in [-0.05, 0) is 46.3 Å². The lowest BCUT2D eigenvalue weighted by molar-refractivity contribution is 0.180. The van der Waals surface area contributed by atoms with Crippen molar-refractivity contribution in [1.82, 2.24) is 4.98 Å². The van der Waals surface area contributed by atoms with Crippen molar-refractivity contribution in [2.45, 2.75) is 26.2 Å². The van der Waals surface area contributed by atoms with Gasteiger partial charge in [0.1, 0.15) is 5.82 Å². The van der Waals surface area contributed by atoms with Gasteiger partial charge in [0.2, 0.25) is 0 Å². The van der Waals surface area contributed by atoms with E-state index in [1.807, 2.05) is 18.3 Å². The van der Waals surface area contributed by atoms with E-state index >= 15 is 0 Å². The molecule has 0 aliphatic heterocycles. The molecule has 3 heteroatoms. The zero-order valence-corrected chi connectivity index (χ0v) is 9.97. The quantitative estimate of drug-likeness (QED) is 0.894. The number of anilines is 1. The standard InChI is InChI=1S/C11H15BrN2/c1-11(5-3-6-11)8-14-10-9(12)4-2-7-13-10/h2,4,7H,3,5-6,8H2,1H3,(H,13,14). The zero-order chi connectivity index (χ0) is 10.0. The maximum atomic E-state index is 4.28. The molecule has 1 saturated carbocycles. The molecule has 0 aromatic carbocycles. The van der Waals surface area contributed by atoms with Gasteiger partial charge in [0.25, 0.3) is 0 Å². The Bertz CT molecular complexity index is 321. The van der Waals surface area contributed by atoms with Crippen LogP contribution in [0.2, 0.25) is 0 Å². The molecule has 0 spiro atoms. The van der Waals surface area contributed by atoms with Crippen molar-refractivity contribution in [3.05, 3.63) is 22.8 Å². The SMILES string of the molecule is CC1(CNc2ncccc2Br)CCC1. The molecule has 0 saturated heterocycles. The van der Waals surface area contributed by atoms with Crippen LogP contribution in [0.1, 0.15) is 26.2 Å². The van der Waals surface area contributed by atoms with Gasteiger partial charge in [-0.15, -0.1) is 0 Å². The fraction of sp³-hybridized carbons (Fsp3) is 0.545. The fourth-order valence-electron chi connectivity index (χ4n) is 1.77. The van der Waals surface area contributed by atoms with Crippen LogP contribution in [0, 0.1) is 5.41 Å². The highest BCUT2D eigenvalue weighted by Crippen LogP contribution is 2.40. The second-order valence-corrected chi connectivity index (χ2v) is 5.21. The minimum Gasteiger partial charge on any atom is -0.369 e. The Kier molecular flexibility index (Phi) is 2.77. The Morgan fingerprint density at radius 2 is 2.36 bits per heavy atom. The van der Waals surface area contributed by atoms with Gasteiger partial charge in [0.15, 0.2) is 0 Å². The van der Waals surface area contributed by atoms with Crippen LogP contribution in [0.25, 0.3) is 0 Å². The van der Waals surface area contributed by atoms with Crippen LogP contribution in [-0.2, 0) is 0 Å². The second-order valence-electron chi connectivity index (χ2n) is 4.35. The van der Waals surface area contributed by atoms with E-state index in [-0.39, 0.29) is 0 Å². The van der Waals surface area contributed by atoms with Crippen molar-refractivity contribution in [2.75, 3.05) is 11.9 Å². The Labute approximate surface area is 93.3 Å².